The maximum absolute atomic E-state index is 12.6. The van der Waals surface area contributed by atoms with Gasteiger partial charge in [0.05, 0.1) is 12.5 Å². The second kappa shape index (κ2) is 4.04. The van der Waals surface area contributed by atoms with E-state index in [1.54, 1.807) is 11.6 Å². The van der Waals surface area contributed by atoms with Gasteiger partial charge in [0.25, 0.3) is 0 Å². The molecule has 1 aliphatic rings. The molecular weight excluding hydrogens is 221 g/mol. The lowest BCUT2D eigenvalue weighted by Crippen LogP contribution is -2.33. The first kappa shape index (κ1) is 11.4. The predicted octanol–water partition coefficient (Wildman–Crippen LogP) is 1.12. The first-order valence-corrected chi connectivity index (χ1v) is 5.14. The summed E-state index contributed by atoms with van der Waals surface area (Å²) in [6.45, 7) is 0.389. The number of aryl methyl sites for hydroxylation is 1. The van der Waals surface area contributed by atoms with Gasteiger partial charge in [-0.15, -0.1) is 10.2 Å². The molecule has 2 rings (SSSR count). The number of aromatic nitrogens is 3. The van der Waals surface area contributed by atoms with Crippen LogP contribution in [0, 0.1) is 5.92 Å². The van der Waals surface area contributed by atoms with Crippen LogP contribution < -0.4 is 5.32 Å². The quantitative estimate of drug-likeness (QED) is 0.834. The summed E-state index contributed by atoms with van der Waals surface area (Å²) in [7, 11) is 1.73. The number of nitrogens with zero attached hydrogens (tertiary/aromatic N) is 3. The Morgan fingerprint density at radius 1 is 1.44 bits per heavy atom. The Hall–Kier alpha value is -1.11. The van der Waals surface area contributed by atoms with Crippen LogP contribution in [0.25, 0.3) is 0 Å². The number of nitrogens with one attached hydrogen (secondary N) is 1. The Bertz CT molecular complexity index is 371. The molecule has 0 aromatic carbocycles. The van der Waals surface area contributed by atoms with Crippen molar-refractivity contribution in [3.05, 3.63) is 11.6 Å². The van der Waals surface area contributed by atoms with Crippen LogP contribution >= 0.6 is 0 Å². The largest absolute Gasteiger partial charge is 0.393 e. The third-order valence-corrected chi connectivity index (χ3v) is 2.82. The zero-order valence-corrected chi connectivity index (χ0v) is 8.88. The van der Waals surface area contributed by atoms with Crippen molar-refractivity contribution in [2.24, 2.45) is 5.92 Å². The van der Waals surface area contributed by atoms with E-state index in [4.69, 9.17) is 0 Å². The molecule has 1 atom stereocenters. The zero-order valence-electron chi connectivity index (χ0n) is 8.88. The maximum atomic E-state index is 12.6. The van der Waals surface area contributed by atoms with Gasteiger partial charge in [-0.25, -0.2) is 0 Å². The molecule has 0 fully saturated rings. The van der Waals surface area contributed by atoms with E-state index in [9.17, 15) is 13.2 Å². The molecule has 0 saturated carbocycles. The van der Waals surface area contributed by atoms with Crippen LogP contribution in [0.4, 0.5) is 13.2 Å². The number of alkyl halides is 3. The van der Waals surface area contributed by atoms with Gasteiger partial charge in [0, 0.05) is 13.0 Å². The van der Waals surface area contributed by atoms with Crippen molar-refractivity contribution in [3.63, 3.8) is 0 Å². The fourth-order valence-electron chi connectivity index (χ4n) is 1.94. The molecule has 16 heavy (non-hydrogen) atoms. The predicted molar refractivity (Wildman–Crippen MR) is 50.7 cm³/mol. The van der Waals surface area contributed by atoms with Crippen molar-refractivity contribution in [1.29, 1.82) is 0 Å². The standard InChI is InChI=1S/C9H13F3N4/c1-13-4-8-15-14-7-3-2-6(5-16(7)8)9(10,11)12/h6,13H,2-5H2,1H3/t6-/m1/s1. The molecule has 1 aromatic rings. The highest BCUT2D eigenvalue weighted by Gasteiger charge is 2.42. The lowest BCUT2D eigenvalue weighted by molar-refractivity contribution is -0.182. The Labute approximate surface area is 90.9 Å². The Morgan fingerprint density at radius 2 is 2.19 bits per heavy atom. The van der Waals surface area contributed by atoms with Gasteiger partial charge < -0.3 is 9.88 Å². The van der Waals surface area contributed by atoms with E-state index in [-0.39, 0.29) is 13.0 Å². The van der Waals surface area contributed by atoms with Gasteiger partial charge in [-0.05, 0) is 13.5 Å². The van der Waals surface area contributed by atoms with Crippen LogP contribution in [-0.2, 0) is 19.5 Å². The Balaban J connectivity index is 2.21. The highest BCUT2D eigenvalue weighted by Crippen LogP contribution is 2.34. The number of halogens is 3. The van der Waals surface area contributed by atoms with Crippen LogP contribution in [0.2, 0.25) is 0 Å². The van der Waals surface area contributed by atoms with Crippen molar-refractivity contribution in [3.8, 4) is 0 Å². The Morgan fingerprint density at radius 3 is 2.81 bits per heavy atom. The molecule has 1 aromatic heterocycles. The first-order valence-electron chi connectivity index (χ1n) is 5.14. The van der Waals surface area contributed by atoms with E-state index >= 15 is 0 Å². The van der Waals surface area contributed by atoms with Crippen molar-refractivity contribution in [2.75, 3.05) is 7.05 Å². The van der Waals surface area contributed by atoms with Crippen LogP contribution in [0.15, 0.2) is 0 Å². The minimum Gasteiger partial charge on any atom is -0.313 e. The average molecular weight is 234 g/mol. The highest BCUT2D eigenvalue weighted by atomic mass is 19.4. The summed E-state index contributed by atoms with van der Waals surface area (Å²) in [5.74, 6) is -0.0381. The van der Waals surface area contributed by atoms with Crippen LogP contribution in [0.1, 0.15) is 18.1 Å². The zero-order chi connectivity index (χ0) is 11.8. The SMILES string of the molecule is CNCc1nnc2n1C[C@H](C(F)(F)F)CC2. The van der Waals surface area contributed by atoms with E-state index in [0.29, 0.717) is 24.6 Å². The third-order valence-electron chi connectivity index (χ3n) is 2.82. The fourth-order valence-corrected chi connectivity index (χ4v) is 1.94. The topological polar surface area (TPSA) is 42.7 Å². The summed E-state index contributed by atoms with van der Waals surface area (Å²) in [5, 5.41) is 10.7. The van der Waals surface area contributed by atoms with Gasteiger partial charge in [-0.1, -0.05) is 0 Å². The molecule has 0 amide bonds. The number of hydrogen-bond donors (Lipinski definition) is 1. The van der Waals surface area contributed by atoms with Crippen molar-refractivity contribution in [1.82, 2.24) is 20.1 Å². The lowest BCUT2D eigenvalue weighted by atomic mass is 9.99. The van der Waals surface area contributed by atoms with E-state index in [1.807, 2.05) is 0 Å². The van der Waals surface area contributed by atoms with Crippen LogP contribution in [-0.4, -0.2) is 28.0 Å². The molecule has 2 heterocycles. The molecule has 0 spiro atoms. The number of hydrogen-bond acceptors (Lipinski definition) is 3. The fraction of sp³-hybridized carbons (Fsp3) is 0.778. The molecule has 0 unspecified atom stereocenters. The summed E-state index contributed by atoms with van der Waals surface area (Å²) in [6, 6.07) is 0. The van der Waals surface area contributed by atoms with E-state index in [0.717, 1.165) is 0 Å². The minimum atomic E-state index is -4.13. The minimum absolute atomic E-state index is 0.0527. The van der Waals surface area contributed by atoms with Gasteiger partial charge in [-0.2, -0.15) is 13.2 Å². The molecule has 90 valence electrons. The molecule has 0 radical (unpaired) electrons. The van der Waals surface area contributed by atoms with Gasteiger partial charge in [0.2, 0.25) is 0 Å². The molecule has 0 aliphatic carbocycles. The van der Waals surface area contributed by atoms with Gasteiger partial charge in [0.1, 0.15) is 11.6 Å². The summed E-state index contributed by atoms with van der Waals surface area (Å²) in [4.78, 5) is 0. The number of rotatable bonds is 2. The average Bonchev–Trinajstić information content (AvgIpc) is 2.60. The molecule has 0 bridgehead atoms. The van der Waals surface area contributed by atoms with Gasteiger partial charge >= 0.3 is 6.18 Å². The van der Waals surface area contributed by atoms with E-state index in [1.165, 1.54) is 0 Å². The van der Waals surface area contributed by atoms with Gasteiger partial charge in [0.15, 0.2) is 0 Å². The summed E-state index contributed by atoms with van der Waals surface area (Å²) in [5.41, 5.74) is 0. The normalized spacial score (nSPS) is 20.9. The van der Waals surface area contributed by atoms with Crippen molar-refractivity contribution < 1.29 is 13.2 Å². The molecule has 4 nitrogen and oxygen atoms in total. The lowest BCUT2D eigenvalue weighted by Gasteiger charge is -2.26. The summed E-state index contributed by atoms with van der Waals surface area (Å²) < 4.78 is 39.3. The van der Waals surface area contributed by atoms with Crippen LogP contribution in [0.5, 0.6) is 0 Å². The molecule has 1 N–H and O–H groups in total. The molecule has 7 heteroatoms. The molecular formula is C9H13F3N4. The van der Waals surface area contributed by atoms with Crippen molar-refractivity contribution in [2.45, 2.75) is 32.1 Å². The summed E-state index contributed by atoms with van der Waals surface area (Å²) in [6.07, 6.45) is -3.67. The monoisotopic (exact) mass is 234 g/mol. The smallest absolute Gasteiger partial charge is 0.313 e. The second-order valence-electron chi connectivity index (χ2n) is 3.95. The van der Waals surface area contributed by atoms with Crippen molar-refractivity contribution >= 4 is 0 Å². The second-order valence-corrected chi connectivity index (χ2v) is 3.95. The third kappa shape index (κ3) is 2.04. The highest BCUT2D eigenvalue weighted by molar-refractivity contribution is 5.00. The van der Waals surface area contributed by atoms with Crippen LogP contribution in [0.3, 0.4) is 0 Å². The number of fused-ring (bicyclic) bond motifs is 1. The first-order chi connectivity index (χ1) is 7.52. The van der Waals surface area contributed by atoms with E-state index < -0.39 is 12.1 Å². The molecule has 0 saturated heterocycles. The van der Waals surface area contributed by atoms with E-state index in [2.05, 4.69) is 15.5 Å². The Kier molecular flexibility index (Phi) is 2.88. The molecule has 1 aliphatic heterocycles. The maximum Gasteiger partial charge on any atom is 0.393 e. The summed E-state index contributed by atoms with van der Waals surface area (Å²) >= 11 is 0. The van der Waals surface area contributed by atoms with Gasteiger partial charge in [-0.3, -0.25) is 0 Å².